The molecule has 0 aliphatic rings. The van der Waals surface area contributed by atoms with E-state index in [1.165, 1.54) is 11.6 Å². The largest absolute Gasteiger partial charge is 0.493 e. The lowest BCUT2D eigenvalue weighted by Crippen LogP contribution is -2.26. The van der Waals surface area contributed by atoms with Gasteiger partial charge >= 0.3 is 0 Å². The number of ether oxygens (including phenoxy) is 2. The van der Waals surface area contributed by atoms with E-state index < -0.39 is 5.82 Å². The fourth-order valence-corrected chi connectivity index (χ4v) is 3.76. The van der Waals surface area contributed by atoms with E-state index in [0.717, 1.165) is 18.4 Å². The van der Waals surface area contributed by atoms with Gasteiger partial charge in [0.05, 0.1) is 17.2 Å². The van der Waals surface area contributed by atoms with Crippen molar-refractivity contribution in [2.24, 2.45) is 0 Å². The predicted molar refractivity (Wildman–Crippen MR) is 125 cm³/mol. The topological polar surface area (TPSA) is 30.5 Å². The van der Waals surface area contributed by atoms with Crippen LogP contribution in [-0.4, -0.2) is 13.2 Å². The fourth-order valence-electron chi connectivity index (χ4n) is 3.25. The summed E-state index contributed by atoms with van der Waals surface area (Å²) in [5.41, 5.74) is 2.59. The summed E-state index contributed by atoms with van der Waals surface area (Å²) < 4.78 is 25.2. The van der Waals surface area contributed by atoms with Gasteiger partial charge in [0.25, 0.3) is 0 Å². The van der Waals surface area contributed by atoms with Crippen molar-refractivity contribution in [2.75, 3.05) is 7.11 Å². The first-order chi connectivity index (χ1) is 15.0. The van der Waals surface area contributed by atoms with Crippen LogP contribution in [-0.2, 0) is 19.6 Å². The smallest absolute Gasteiger partial charge is 0.180 e. The summed E-state index contributed by atoms with van der Waals surface area (Å²) in [6.07, 6.45) is 2.05. The Bertz CT molecular complexity index is 978. The second-order valence-corrected chi connectivity index (χ2v) is 8.22. The summed E-state index contributed by atoms with van der Waals surface area (Å²) in [4.78, 5) is 0. The highest BCUT2D eigenvalue weighted by atomic mass is 35.5. The summed E-state index contributed by atoms with van der Waals surface area (Å²) in [6.45, 7) is 2.76. The van der Waals surface area contributed by atoms with Crippen molar-refractivity contribution in [3.63, 3.8) is 0 Å². The van der Waals surface area contributed by atoms with Gasteiger partial charge in [0.2, 0.25) is 0 Å². The number of methoxy groups -OCH3 is 1. The Balaban J connectivity index is 1.61. The summed E-state index contributed by atoms with van der Waals surface area (Å²) in [6, 6.07) is 19.0. The number of rotatable bonds is 10. The van der Waals surface area contributed by atoms with Gasteiger partial charge < -0.3 is 14.8 Å². The van der Waals surface area contributed by atoms with Crippen molar-refractivity contribution in [1.82, 2.24) is 5.32 Å². The minimum atomic E-state index is -0.423. The summed E-state index contributed by atoms with van der Waals surface area (Å²) in [7, 11) is 1.55. The van der Waals surface area contributed by atoms with Crippen LogP contribution in [0.25, 0.3) is 0 Å². The number of halogens is 3. The lowest BCUT2D eigenvalue weighted by atomic mass is 10.1. The third-order valence-corrected chi connectivity index (χ3v) is 5.71. The van der Waals surface area contributed by atoms with E-state index in [4.69, 9.17) is 32.7 Å². The summed E-state index contributed by atoms with van der Waals surface area (Å²) in [5, 5.41) is 4.23. The van der Waals surface area contributed by atoms with Crippen LogP contribution >= 0.6 is 23.2 Å². The molecule has 1 N–H and O–H groups in total. The Hall–Kier alpha value is -2.27. The molecule has 0 saturated heterocycles. The van der Waals surface area contributed by atoms with E-state index in [-0.39, 0.29) is 12.2 Å². The van der Waals surface area contributed by atoms with E-state index in [0.29, 0.717) is 34.1 Å². The summed E-state index contributed by atoms with van der Waals surface area (Å²) >= 11 is 12.5. The minimum absolute atomic E-state index is 0.0459. The lowest BCUT2D eigenvalue weighted by Gasteiger charge is -2.17. The standard InChI is InChI=1S/C25H26Cl2FNO2/c1-17(11-12-18-7-4-3-5-8-18)29-15-19-13-22(27)25(24(14-19)30-2)31-16-20-21(26)9-6-10-23(20)28/h3-10,13-14,17,29H,11-12,15-16H2,1-2H3/t17-/m0/s1. The van der Waals surface area contributed by atoms with Crippen LogP contribution in [0, 0.1) is 5.82 Å². The maximum Gasteiger partial charge on any atom is 0.180 e. The molecule has 3 aromatic carbocycles. The number of nitrogens with one attached hydrogen (secondary N) is 1. The van der Waals surface area contributed by atoms with Crippen molar-refractivity contribution < 1.29 is 13.9 Å². The predicted octanol–water partition coefficient (Wildman–Crippen LogP) is 6.83. The average molecular weight is 462 g/mol. The molecule has 3 rings (SSSR count). The molecule has 31 heavy (non-hydrogen) atoms. The maximum atomic E-state index is 14.0. The molecule has 0 spiro atoms. The molecule has 0 unspecified atom stereocenters. The molecule has 0 bridgehead atoms. The summed E-state index contributed by atoms with van der Waals surface area (Å²) in [5.74, 6) is 0.436. The van der Waals surface area contributed by atoms with E-state index in [1.54, 1.807) is 19.2 Å². The molecule has 0 amide bonds. The van der Waals surface area contributed by atoms with Crippen LogP contribution in [0.2, 0.25) is 10.0 Å². The SMILES string of the molecule is COc1cc(CN[C@@H](C)CCc2ccccc2)cc(Cl)c1OCc1c(F)cccc1Cl. The first kappa shape index (κ1) is 23.4. The molecular weight excluding hydrogens is 436 g/mol. The molecule has 0 aliphatic heterocycles. The van der Waals surface area contributed by atoms with E-state index in [2.05, 4.69) is 36.5 Å². The van der Waals surface area contributed by atoms with Crippen LogP contribution in [0.3, 0.4) is 0 Å². The molecule has 1 atom stereocenters. The first-order valence-electron chi connectivity index (χ1n) is 10.2. The average Bonchev–Trinajstić information content (AvgIpc) is 2.77. The number of hydrogen-bond acceptors (Lipinski definition) is 3. The Labute approximate surface area is 193 Å². The molecule has 0 saturated carbocycles. The van der Waals surface area contributed by atoms with Crippen LogP contribution in [0.1, 0.15) is 30.0 Å². The maximum absolute atomic E-state index is 14.0. The Morgan fingerprint density at radius 2 is 1.74 bits per heavy atom. The van der Waals surface area contributed by atoms with E-state index in [9.17, 15) is 4.39 Å². The number of hydrogen-bond donors (Lipinski definition) is 1. The van der Waals surface area contributed by atoms with Gasteiger partial charge in [-0.25, -0.2) is 4.39 Å². The monoisotopic (exact) mass is 461 g/mol. The van der Waals surface area contributed by atoms with Gasteiger partial charge in [-0.05, 0) is 55.2 Å². The van der Waals surface area contributed by atoms with Crippen LogP contribution < -0.4 is 14.8 Å². The minimum Gasteiger partial charge on any atom is -0.493 e. The molecule has 6 heteroatoms. The second kappa shape index (κ2) is 11.4. The van der Waals surface area contributed by atoms with Crippen LogP contribution in [0.15, 0.2) is 60.7 Å². The van der Waals surface area contributed by atoms with Crippen molar-refractivity contribution in [3.05, 3.63) is 93.2 Å². The molecule has 3 aromatic rings. The van der Waals surface area contributed by atoms with Gasteiger partial charge in [-0.3, -0.25) is 0 Å². The number of aryl methyl sites for hydroxylation is 1. The number of benzene rings is 3. The first-order valence-corrected chi connectivity index (χ1v) is 10.9. The molecular formula is C25H26Cl2FNO2. The molecule has 0 aliphatic carbocycles. The molecule has 3 nitrogen and oxygen atoms in total. The van der Waals surface area contributed by atoms with Gasteiger partial charge in [0.15, 0.2) is 11.5 Å². The van der Waals surface area contributed by atoms with Gasteiger partial charge in [-0.15, -0.1) is 0 Å². The molecule has 0 radical (unpaired) electrons. The Morgan fingerprint density at radius 1 is 0.968 bits per heavy atom. The normalized spacial score (nSPS) is 11.9. The van der Waals surface area contributed by atoms with Crippen molar-refractivity contribution in [1.29, 1.82) is 0 Å². The highest BCUT2D eigenvalue weighted by molar-refractivity contribution is 6.32. The third kappa shape index (κ3) is 6.60. The van der Waals surface area contributed by atoms with Gasteiger partial charge in [0, 0.05) is 18.2 Å². The van der Waals surface area contributed by atoms with Crippen LogP contribution in [0.4, 0.5) is 4.39 Å². The molecule has 0 fully saturated rings. The molecule has 0 aromatic heterocycles. The zero-order valence-electron chi connectivity index (χ0n) is 17.6. The van der Waals surface area contributed by atoms with E-state index >= 15 is 0 Å². The zero-order valence-corrected chi connectivity index (χ0v) is 19.1. The highest BCUT2D eigenvalue weighted by Crippen LogP contribution is 2.37. The quantitative estimate of drug-likeness (QED) is 0.358. The van der Waals surface area contributed by atoms with Crippen molar-refractivity contribution in [3.8, 4) is 11.5 Å². The van der Waals surface area contributed by atoms with E-state index in [1.807, 2.05) is 18.2 Å². The molecule has 0 heterocycles. The fraction of sp³-hybridized carbons (Fsp3) is 0.280. The van der Waals surface area contributed by atoms with Crippen molar-refractivity contribution in [2.45, 2.75) is 39.0 Å². The lowest BCUT2D eigenvalue weighted by molar-refractivity contribution is 0.280. The zero-order chi connectivity index (χ0) is 22.2. The second-order valence-electron chi connectivity index (χ2n) is 7.40. The Morgan fingerprint density at radius 3 is 2.45 bits per heavy atom. The highest BCUT2D eigenvalue weighted by Gasteiger charge is 2.15. The van der Waals surface area contributed by atoms with Crippen molar-refractivity contribution >= 4 is 23.2 Å². The molecule has 164 valence electrons. The van der Waals surface area contributed by atoms with Crippen LogP contribution in [0.5, 0.6) is 11.5 Å². The van der Waals surface area contributed by atoms with Gasteiger partial charge in [-0.1, -0.05) is 59.6 Å². The van der Waals surface area contributed by atoms with Gasteiger partial charge in [-0.2, -0.15) is 0 Å². The third-order valence-electron chi connectivity index (χ3n) is 5.08. The Kier molecular flexibility index (Phi) is 8.59. The van der Waals surface area contributed by atoms with Gasteiger partial charge in [0.1, 0.15) is 12.4 Å².